The number of benzene rings is 1. The summed E-state index contributed by atoms with van der Waals surface area (Å²) in [6.07, 6.45) is 5.11. The van der Waals surface area contributed by atoms with Gasteiger partial charge in [0.1, 0.15) is 0 Å². The van der Waals surface area contributed by atoms with Crippen molar-refractivity contribution in [3.63, 3.8) is 0 Å². The Kier molecular flexibility index (Phi) is 7.98. The first-order valence-corrected chi connectivity index (χ1v) is 10.8. The number of rotatable bonds is 8. The summed E-state index contributed by atoms with van der Waals surface area (Å²) in [5.74, 6) is 0.873. The summed E-state index contributed by atoms with van der Waals surface area (Å²) in [6.45, 7) is 8.45. The van der Waals surface area contributed by atoms with Crippen LogP contribution in [-0.4, -0.2) is 70.4 Å². The van der Waals surface area contributed by atoms with Crippen molar-refractivity contribution in [3.05, 3.63) is 29.8 Å². The number of ether oxygens (including phenoxy) is 1. The number of likely N-dealkylation sites (tertiary alicyclic amines) is 1. The SMILES string of the molecule is CN=C(NCC1CCCN1CCOC)NC(C)c1cccc(N2CCCC2)c1. The maximum absolute atomic E-state index is 5.25. The summed E-state index contributed by atoms with van der Waals surface area (Å²) < 4.78 is 5.25. The van der Waals surface area contributed by atoms with Gasteiger partial charge in [0, 0.05) is 52.1 Å². The van der Waals surface area contributed by atoms with E-state index in [-0.39, 0.29) is 6.04 Å². The average Bonchev–Trinajstić information content (AvgIpc) is 3.41. The molecule has 1 aromatic carbocycles. The summed E-state index contributed by atoms with van der Waals surface area (Å²) in [5.41, 5.74) is 2.64. The van der Waals surface area contributed by atoms with Gasteiger partial charge in [-0.25, -0.2) is 0 Å². The zero-order valence-corrected chi connectivity index (χ0v) is 17.8. The second-order valence-electron chi connectivity index (χ2n) is 7.93. The molecule has 1 aromatic rings. The van der Waals surface area contributed by atoms with Crippen molar-refractivity contribution in [1.29, 1.82) is 0 Å². The topological polar surface area (TPSA) is 52.1 Å². The van der Waals surface area contributed by atoms with Crippen LogP contribution in [-0.2, 0) is 4.74 Å². The fourth-order valence-electron chi connectivity index (χ4n) is 4.29. The van der Waals surface area contributed by atoms with Crippen LogP contribution in [0, 0.1) is 0 Å². The fourth-order valence-corrected chi connectivity index (χ4v) is 4.29. The van der Waals surface area contributed by atoms with Crippen LogP contribution in [0.1, 0.15) is 44.2 Å². The third kappa shape index (κ3) is 5.61. The summed E-state index contributed by atoms with van der Waals surface area (Å²) in [7, 11) is 3.62. The van der Waals surface area contributed by atoms with Gasteiger partial charge < -0.3 is 20.3 Å². The van der Waals surface area contributed by atoms with Crippen molar-refractivity contribution in [2.75, 3.05) is 58.4 Å². The van der Waals surface area contributed by atoms with Gasteiger partial charge in [0.25, 0.3) is 0 Å². The zero-order valence-electron chi connectivity index (χ0n) is 17.8. The molecule has 2 aliphatic rings. The minimum absolute atomic E-state index is 0.210. The van der Waals surface area contributed by atoms with Crippen LogP contribution in [0.5, 0.6) is 0 Å². The number of methoxy groups -OCH3 is 1. The van der Waals surface area contributed by atoms with E-state index < -0.39 is 0 Å². The highest BCUT2D eigenvalue weighted by Crippen LogP contribution is 2.24. The molecule has 6 heteroatoms. The van der Waals surface area contributed by atoms with E-state index >= 15 is 0 Å². The maximum atomic E-state index is 5.25. The molecule has 2 unspecified atom stereocenters. The van der Waals surface area contributed by atoms with Gasteiger partial charge in [-0.05, 0) is 56.8 Å². The normalized spacial score (nSPS) is 21.9. The molecular formula is C22H37N5O. The highest BCUT2D eigenvalue weighted by molar-refractivity contribution is 5.80. The predicted molar refractivity (Wildman–Crippen MR) is 117 cm³/mol. The number of nitrogens with one attached hydrogen (secondary N) is 2. The van der Waals surface area contributed by atoms with E-state index in [4.69, 9.17) is 4.74 Å². The second kappa shape index (κ2) is 10.7. The third-order valence-corrected chi connectivity index (χ3v) is 6.01. The van der Waals surface area contributed by atoms with Crippen molar-refractivity contribution in [1.82, 2.24) is 15.5 Å². The van der Waals surface area contributed by atoms with Crippen LogP contribution < -0.4 is 15.5 Å². The average molecular weight is 388 g/mol. The van der Waals surface area contributed by atoms with E-state index in [1.807, 2.05) is 7.05 Å². The van der Waals surface area contributed by atoms with Gasteiger partial charge >= 0.3 is 0 Å². The number of nitrogens with zero attached hydrogens (tertiary/aromatic N) is 3. The van der Waals surface area contributed by atoms with E-state index in [0.29, 0.717) is 6.04 Å². The summed E-state index contributed by atoms with van der Waals surface area (Å²) in [5, 5.41) is 7.09. The molecular weight excluding hydrogens is 350 g/mol. The number of hydrogen-bond donors (Lipinski definition) is 2. The van der Waals surface area contributed by atoms with Crippen molar-refractivity contribution in [2.24, 2.45) is 4.99 Å². The van der Waals surface area contributed by atoms with E-state index in [1.165, 1.54) is 56.6 Å². The molecule has 2 N–H and O–H groups in total. The Morgan fingerprint density at radius 3 is 2.82 bits per heavy atom. The van der Waals surface area contributed by atoms with Crippen LogP contribution in [0.2, 0.25) is 0 Å². The molecule has 2 aliphatic heterocycles. The van der Waals surface area contributed by atoms with Crippen molar-refractivity contribution < 1.29 is 4.74 Å². The minimum Gasteiger partial charge on any atom is -0.383 e. The Bertz CT molecular complexity index is 629. The molecule has 156 valence electrons. The zero-order chi connectivity index (χ0) is 19.8. The Labute approximate surface area is 170 Å². The molecule has 2 atom stereocenters. The fraction of sp³-hybridized carbons (Fsp3) is 0.682. The van der Waals surface area contributed by atoms with Crippen LogP contribution >= 0.6 is 0 Å². The van der Waals surface area contributed by atoms with Crippen LogP contribution in [0.3, 0.4) is 0 Å². The van der Waals surface area contributed by atoms with Crippen molar-refractivity contribution in [3.8, 4) is 0 Å². The standard InChI is InChI=1S/C22H37N5O/c1-18(19-8-6-9-20(16-19)26-11-4-5-12-26)25-22(23-2)24-17-21-10-7-13-27(21)14-15-28-3/h6,8-9,16,18,21H,4-5,7,10-15,17H2,1-3H3,(H2,23,24,25). The molecule has 28 heavy (non-hydrogen) atoms. The highest BCUT2D eigenvalue weighted by atomic mass is 16.5. The van der Waals surface area contributed by atoms with Crippen LogP contribution in [0.15, 0.2) is 29.3 Å². The van der Waals surface area contributed by atoms with Crippen molar-refractivity contribution in [2.45, 2.75) is 44.7 Å². The quantitative estimate of drug-likeness (QED) is 0.530. The molecule has 2 fully saturated rings. The third-order valence-electron chi connectivity index (χ3n) is 6.01. The van der Waals surface area contributed by atoms with E-state index in [1.54, 1.807) is 7.11 Å². The first-order valence-electron chi connectivity index (χ1n) is 10.8. The Morgan fingerprint density at radius 1 is 1.25 bits per heavy atom. The minimum atomic E-state index is 0.210. The van der Waals surface area contributed by atoms with Gasteiger partial charge in [-0.1, -0.05) is 12.1 Å². The van der Waals surface area contributed by atoms with Gasteiger partial charge in [0.15, 0.2) is 5.96 Å². The molecule has 0 bridgehead atoms. The molecule has 6 nitrogen and oxygen atoms in total. The lowest BCUT2D eigenvalue weighted by atomic mass is 10.1. The first-order chi connectivity index (χ1) is 13.7. The molecule has 0 aromatic heterocycles. The molecule has 0 radical (unpaired) electrons. The molecule has 0 aliphatic carbocycles. The summed E-state index contributed by atoms with van der Waals surface area (Å²) in [4.78, 5) is 9.45. The Morgan fingerprint density at radius 2 is 2.07 bits per heavy atom. The number of anilines is 1. The molecule has 2 heterocycles. The molecule has 0 amide bonds. The maximum Gasteiger partial charge on any atom is 0.191 e. The Balaban J connectivity index is 1.52. The highest BCUT2D eigenvalue weighted by Gasteiger charge is 2.24. The van der Waals surface area contributed by atoms with Crippen LogP contribution in [0.25, 0.3) is 0 Å². The van der Waals surface area contributed by atoms with E-state index in [2.05, 4.69) is 56.6 Å². The lowest BCUT2D eigenvalue weighted by Gasteiger charge is -2.26. The van der Waals surface area contributed by atoms with E-state index in [0.717, 1.165) is 25.7 Å². The number of aliphatic imine (C=N–C) groups is 1. The predicted octanol–water partition coefficient (Wildman–Crippen LogP) is 2.62. The smallest absolute Gasteiger partial charge is 0.191 e. The van der Waals surface area contributed by atoms with Crippen LogP contribution in [0.4, 0.5) is 5.69 Å². The van der Waals surface area contributed by atoms with Gasteiger partial charge in [-0.2, -0.15) is 0 Å². The summed E-state index contributed by atoms with van der Waals surface area (Å²) >= 11 is 0. The van der Waals surface area contributed by atoms with Gasteiger partial charge in [0.2, 0.25) is 0 Å². The second-order valence-corrected chi connectivity index (χ2v) is 7.93. The molecule has 0 saturated carbocycles. The molecule has 3 rings (SSSR count). The van der Waals surface area contributed by atoms with Gasteiger partial charge in [-0.15, -0.1) is 0 Å². The largest absolute Gasteiger partial charge is 0.383 e. The lowest BCUT2D eigenvalue weighted by molar-refractivity contribution is 0.141. The number of hydrogen-bond acceptors (Lipinski definition) is 4. The molecule has 0 spiro atoms. The summed E-state index contributed by atoms with van der Waals surface area (Å²) in [6, 6.07) is 9.69. The molecule has 2 saturated heterocycles. The van der Waals surface area contributed by atoms with Gasteiger partial charge in [0.05, 0.1) is 12.6 Å². The van der Waals surface area contributed by atoms with E-state index in [9.17, 15) is 0 Å². The van der Waals surface area contributed by atoms with Gasteiger partial charge in [-0.3, -0.25) is 9.89 Å². The lowest BCUT2D eigenvalue weighted by Crippen LogP contribution is -2.46. The van der Waals surface area contributed by atoms with Crippen molar-refractivity contribution >= 4 is 11.6 Å². The number of guanidine groups is 1. The Hall–Kier alpha value is -1.79. The monoisotopic (exact) mass is 387 g/mol. The first kappa shape index (κ1) is 20.9.